The highest BCUT2D eigenvalue weighted by Crippen LogP contribution is 2.05. The topological polar surface area (TPSA) is 70.7 Å². The number of aromatic amines is 1. The molecule has 1 amide bonds. The van der Waals surface area contributed by atoms with Crippen LogP contribution >= 0.6 is 11.3 Å². The zero-order valence-electron chi connectivity index (χ0n) is 6.52. The molecule has 0 aliphatic rings. The van der Waals surface area contributed by atoms with Crippen LogP contribution in [0.1, 0.15) is 10.5 Å². The molecule has 0 unspecified atom stereocenters. The van der Waals surface area contributed by atoms with Gasteiger partial charge in [-0.05, 0) is 0 Å². The second kappa shape index (κ2) is 3.36. The molecule has 0 aliphatic heterocycles. The average Bonchev–Trinajstić information content (AvgIpc) is 2.74. The van der Waals surface area contributed by atoms with Gasteiger partial charge in [-0.3, -0.25) is 9.89 Å². The van der Waals surface area contributed by atoms with Crippen molar-refractivity contribution < 1.29 is 4.79 Å². The highest BCUT2D eigenvalue weighted by molar-refractivity contribution is 7.07. The van der Waals surface area contributed by atoms with Crippen LogP contribution in [0.2, 0.25) is 0 Å². The summed E-state index contributed by atoms with van der Waals surface area (Å²) in [5.74, 6) is 0.337. The van der Waals surface area contributed by atoms with E-state index in [1.165, 1.54) is 11.3 Å². The number of amides is 1. The fraction of sp³-hybridized carbons (Fsp3) is 0. The fourth-order valence-electron chi connectivity index (χ4n) is 0.837. The number of aromatic nitrogens is 3. The van der Waals surface area contributed by atoms with Crippen molar-refractivity contribution in [2.45, 2.75) is 0 Å². The molecule has 0 fully saturated rings. The molecule has 0 radical (unpaired) electrons. The predicted octanol–water partition coefficient (Wildman–Crippen LogP) is 1.12. The lowest BCUT2D eigenvalue weighted by molar-refractivity contribution is 0.102. The molecule has 2 rings (SSSR count). The van der Waals surface area contributed by atoms with Gasteiger partial charge in [0.05, 0.1) is 11.7 Å². The Morgan fingerprint density at radius 1 is 1.62 bits per heavy atom. The molecular formula is C7H6N4OS. The monoisotopic (exact) mass is 194 g/mol. The lowest BCUT2D eigenvalue weighted by atomic mass is 10.4. The molecule has 0 aliphatic carbocycles. The molecule has 2 aromatic heterocycles. The number of thiazole rings is 1. The first-order chi connectivity index (χ1) is 6.36. The van der Waals surface area contributed by atoms with Crippen molar-refractivity contribution in [1.29, 1.82) is 0 Å². The van der Waals surface area contributed by atoms with E-state index in [1.54, 1.807) is 23.2 Å². The second-order valence-electron chi connectivity index (χ2n) is 2.30. The van der Waals surface area contributed by atoms with Gasteiger partial charge in [-0.2, -0.15) is 5.10 Å². The van der Waals surface area contributed by atoms with Gasteiger partial charge in [0.15, 0.2) is 0 Å². The van der Waals surface area contributed by atoms with Crippen molar-refractivity contribution in [3.05, 3.63) is 28.8 Å². The third-order valence-electron chi connectivity index (χ3n) is 1.41. The molecule has 0 spiro atoms. The molecule has 2 N–H and O–H groups in total. The average molecular weight is 194 g/mol. The summed E-state index contributed by atoms with van der Waals surface area (Å²) in [6.07, 6.45) is 1.57. The van der Waals surface area contributed by atoms with E-state index in [1.807, 2.05) is 0 Å². The minimum absolute atomic E-state index is 0.231. The standard InChI is InChI=1S/C7H6N4OS/c12-7(5-3-13-4-8-5)10-6-1-2-9-11-6/h1-4H,(H2,9,10,11,12). The number of nitrogens with zero attached hydrogens (tertiary/aromatic N) is 2. The number of H-pyrrole nitrogens is 1. The summed E-state index contributed by atoms with van der Waals surface area (Å²) in [5.41, 5.74) is 2.03. The molecule has 2 heterocycles. The van der Waals surface area contributed by atoms with Crippen molar-refractivity contribution >= 4 is 23.1 Å². The van der Waals surface area contributed by atoms with Crippen molar-refractivity contribution in [1.82, 2.24) is 15.2 Å². The first kappa shape index (κ1) is 7.93. The number of carbonyl (C=O) groups excluding carboxylic acids is 1. The van der Waals surface area contributed by atoms with Crippen LogP contribution < -0.4 is 5.32 Å². The van der Waals surface area contributed by atoms with Crippen molar-refractivity contribution in [2.75, 3.05) is 5.32 Å². The van der Waals surface area contributed by atoms with E-state index in [0.29, 0.717) is 11.5 Å². The predicted molar refractivity (Wildman–Crippen MR) is 48.7 cm³/mol. The first-order valence-corrected chi connectivity index (χ1v) is 4.49. The Labute approximate surface area is 77.8 Å². The zero-order valence-corrected chi connectivity index (χ0v) is 7.34. The third-order valence-corrected chi connectivity index (χ3v) is 2.00. The van der Waals surface area contributed by atoms with Gasteiger partial charge < -0.3 is 5.32 Å². The maximum absolute atomic E-state index is 11.4. The van der Waals surface area contributed by atoms with Crippen molar-refractivity contribution in [2.24, 2.45) is 0 Å². The minimum atomic E-state index is -0.231. The molecule has 6 heteroatoms. The Morgan fingerprint density at radius 3 is 3.15 bits per heavy atom. The summed E-state index contributed by atoms with van der Waals surface area (Å²) in [6.45, 7) is 0. The molecule has 5 nitrogen and oxygen atoms in total. The van der Waals surface area contributed by atoms with Crippen LogP contribution in [-0.4, -0.2) is 21.1 Å². The molecule has 0 saturated heterocycles. The molecular weight excluding hydrogens is 188 g/mol. The number of rotatable bonds is 2. The van der Waals surface area contributed by atoms with Gasteiger partial charge in [0, 0.05) is 11.4 Å². The number of carbonyl (C=O) groups is 1. The van der Waals surface area contributed by atoms with Crippen LogP contribution in [0.4, 0.5) is 5.82 Å². The van der Waals surface area contributed by atoms with Crippen LogP contribution in [0.25, 0.3) is 0 Å². The highest BCUT2D eigenvalue weighted by atomic mass is 32.1. The Bertz CT molecular complexity index is 381. The van der Waals surface area contributed by atoms with Crippen LogP contribution in [-0.2, 0) is 0 Å². The molecule has 0 saturated carbocycles. The van der Waals surface area contributed by atoms with Crippen LogP contribution in [0, 0.1) is 0 Å². The van der Waals surface area contributed by atoms with Gasteiger partial charge in [0.1, 0.15) is 11.5 Å². The maximum Gasteiger partial charge on any atom is 0.276 e. The zero-order chi connectivity index (χ0) is 9.10. The van der Waals surface area contributed by atoms with E-state index in [2.05, 4.69) is 20.5 Å². The van der Waals surface area contributed by atoms with Crippen LogP contribution in [0.15, 0.2) is 23.2 Å². The van der Waals surface area contributed by atoms with Crippen molar-refractivity contribution in [3.63, 3.8) is 0 Å². The number of hydrogen-bond donors (Lipinski definition) is 2. The number of anilines is 1. The summed E-state index contributed by atoms with van der Waals surface area (Å²) in [7, 11) is 0. The van der Waals surface area contributed by atoms with E-state index in [0.717, 1.165) is 0 Å². The van der Waals surface area contributed by atoms with Crippen molar-refractivity contribution in [3.8, 4) is 0 Å². The van der Waals surface area contributed by atoms with Gasteiger partial charge in [-0.15, -0.1) is 11.3 Å². The van der Waals surface area contributed by atoms with E-state index in [9.17, 15) is 4.79 Å². The van der Waals surface area contributed by atoms with Gasteiger partial charge in [-0.1, -0.05) is 0 Å². The van der Waals surface area contributed by atoms with Gasteiger partial charge in [0.25, 0.3) is 5.91 Å². The van der Waals surface area contributed by atoms with E-state index in [4.69, 9.17) is 0 Å². The smallest absolute Gasteiger partial charge is 0.276 e. The highest BCUT2D eigenvalue weighted by Gasteiger charge is 2.07. The Morgan fingerprint density at radius 2 is 2.54 bits per heavy atom. The summed E-state index contributed by atoms with van der Waals surface area (Å²) in [5, 5.41) is 10.6. The van der Waals surface area contributed by atoms with Gasteiger partial charge in [-0.25, -0.2) is 4.98 Å². The quantitative estimate of drug-likeness (QED) is 0.752. The summed E-state index contributed by atoms with van der Waals surface area (Å²) in [4.78, 5) is 15.2. The minimum Gasteiger partial charge on any atom is -0.306 e. The summed E-state index contributed by atoms with van der Waals surface area (Å²) in [6, 6.07) is 1.67. The lowest BCUT2D eigenvalue weighted by Gasteiger charge is -1.97. The van der Waals surface area contributed by atoms with Gasteiger partial charge in [0.2, 0.25) is 0 Å². The molecule has 0 bridgehead atoms. The largest absolute Gasteiger partial charge is 0.306 e. The fourth-order valence-corrected chi connectivity index (χ4v) is 1.37. The lowest BCUT2D eigenvalue weighted by Crippen LogP contribution is -2.12. The normalized spacial score (nSPS) is 9.85. The Kier molecular flexibility index (Phi) is 2.05. The summed E-state index contributed by atoms with van der Waals surface area (Å²) >= 11 is 1.38. The Balaban J connectivity index is 2.08. The number of nitrogens with one attached hydrogen (secondary N) is 2. The summed E-state index contributed by atoms with van der Waals surface area (Å²) < 4.78 is 0. The maximum atomic E-state index is 11.4. The third kappa shape index (κ3) is 1.73. The van der Waals surface area contributed by atoms with E-state index < -0.39 is 0 Å². The number of hydrogen-bond acceptors (Lipinski definition) is 4. The molecule has 0 aromatic carbocycles. The van der Waals surface area contributed by atoms with E-state index in [-0.39, 0.29) is 5.91 Å². The molecule has 13 heavy (non-hydrogen) atoms. The molecule has 2 aromatic rings. The van der Waals surface area contributed by atoms with Gasteiger partial charge >= 0.3 is 0 Å². The van der Waals surface area contributed by atoms with Crippen LogP contribution in [0.3, 0.4) is 0 Å². The second-order valence-corrected chi connectivity index (χ2v) is 3.02. The molecule has 0 atom stereocenters. The molecule has 66 valence electrons. The Hall–Kier alpha value is -1.69. The van der Waals surface area contributed by atoms with Crippen LogP contribution in [0.5, 0.6) is 0 Å². The van der Waals surface area contributed by atoms with E-state index >= 15 is 0 Å². The first-order valence-electron chi connectivity index (χ1n) is 3.55. The SMILES string of the molecule is O=C(Nc1ccn[nH]1)c1cscn1.